The van der Waals surface area contributed by atoms with Crippen LogP contribution in [-0.4, -0.2) is 41.2 Å². The van der Waals surface area contributed by atoms with Crippen LogP contribution >= 0.6 is 11.6 Å². The molecule has 0 bridgehead atoms. The van der Waals surface area contributed by atoms with Crippen molar-refractivity contribution in [1.82, 2.24) is 20.3 Å². The summed E-state index contributed by atoms with van der Waals surface area (Å²) in [5.41, 5.74) is 3.25. The topological polar surface area (TPSA) is 89.1 Å². The fourth-order valence-corrected chi connectivity index (χ4v) is 3.36. The minimum absolute atomic E-state index is 0.0211. The number of nitrogens with one attached hydrogen (secondary N) is 2. The van der Waals surface area contributed by atoms with Gasteiger partial charge in [-0.15, -0.1) is 0 Å². The molecule has 2 atom stereocenters. The van der Waals surface area contributed by atoms with Crippen LogP contribution in [0.1, 0.15) is 12.1 Å². The van der Waals surface area contributed by atoms with Gasteiger partial charge >= 0.3 is 0 Å². The molecule has 3 aromatic rings. The van der Waals surface area contributed by atoms with Gasteiger partial charge in [-0.1, -0.05) is 11.6 Å². The highest BCUT2D eigenvalue weighted by molar-refractivity contribution is 6.34. The molecule has 0 spiro atoms. The Morgan fingerprint density at radius 2 is 2.15 bits per heavy atom. The van der Waals surface area contributed by atoms with E-state index < -0.39 is 0 Å². The number of carbonyl (C=O) groups is 1. The molecule has 27 heavy (non-hydrogen) atoms. The number of nitrogens with zero attached hydrogens (tertiary/aromatic N) is 2. The average Bonchev–Trinajstić information content (AvgIpc) is 3.38. The van der Waals surface area contributed by atoms with Crippen molar-refractivity contribution in [3.05, 3.63) is 41.3 Å². The van der Waals surface area contributed by atoms with E-state index in [0.29, 0.717) is 23.1 Å². The van der Waals surface area contributed by atoms with Crippen LogP contribution < -0.4 is 10.1 Å². The Labute approximate surface area is 161 Å². The van der Waals surface area contributed by atoms with Crippen molar-refractivity contribution in [3.63, 3.8) is 0 Å². The molecule has 2 heterocycles. The Balaban J connectivity index is 1.53. The van der Waals surface area contributed by atoms with Crippen molar-refractivity contribution >= 4 is 28.4 Å². The Bertz CT molecular complexity index is 987. The van der Waals surface area contributed by atoms with Crippen LogP contribution in [0.4, 0.5) is 0 Å². The lowest BCUT2D eigenvalue weighted by Gasteiger charge is -2.05. The van der Waals surface area contributed by atoms with E-state index in [1.807, 2.05) is 18.2 Å². The fourth-order valence-electron chi connectivity index (χ4n) is 3.09. The highest BCUT2D eigenvalue weighted by Crippen LogP contribution is 2.33. The Kier molecular flexibility index (Phi) is 4.72. The zero-order valence-electron chi connectivity index (χ0n) is 15.0. The van der Waals surface area contributed by atoms with Crippen LogP contribution in [0.25, 0.3) is 22.2 Å². The summed E-state index contributed by atoms with van der Waals surface area (Å²) in [6, 6.07) is 5.79. The van der Waals surface area contributed by atoms with Crippen molar-refractivity contribution < 1.29 is 14.3 Å². The number of methoxy groups -OCH3 is 2. The molecule has 0 unspecified atom stereocenters. The number of halogens is 1. The second kappa shape index (κ2) is 7.17. The summed E-state index contributed by atoms with van der Waals surface area (Å²) in [4.78, 5) is 23.9. The second-order valence-electron chi connectivity index (χ2n) is 6.49. The van der Waals surface area contributed by atoms with E-state index in [4.69, 9.17) is 21.1 Å². The summed E-state index contributed by atoms with van der Waals surface area (Å²) < 4.78 is 10.2. The second-order valence-corrected chi connectivity index (χ2v) is 6.90. The van der Waals surface area contributed by atoms with Gasteiger partial charge in [-0.2, -0.15) is 0 Å². The molecule has 8 heteroatoms. The van der Waals surface area contributed by atoms with Gasteiger partial charge in [-0.25, -0.2) is 9.97 Å². The van der Waals surface area contributed by atoms with E-state index in [1.54, 1.807) is 26.6 Å². The molecule has 4 rings (SSSR count). The summed E-state index contributed by atoms with van der Waals surface area (Å²) in [6.07, 6.45) is 4.02. The maximum absolute atomic E-state index is 12.1. The number of aromatic nitrogens is 3. The SMILES string of the molecule is COc1cnc(-c2cc3[nH]c(CNC(=O)[C@@H]4C[C@@H]4OC)cc3cc2Cl)cn1. The zero-order valence-corrected chi connectivity index (χ0v) is 15.7. The first-order valence-electron chi connectivity index (χ1n) is 8.57. The maximum atomic E-state index is 12.1. The molecule has 1 fully saturated rings. The lowest BCUT2D eigenvalue weighted by molar-refractivity contribution is -0.123. The molecule has 1 aliphatic carbocycles. The van der Waals surface area contributed by atoms with Crippen LogP contribution in [0.15, 0.2) is 30.6 Å². The van der Waals surface area contributed by atoms with E-state index in [2.05, 4.69) is 20.3 Å². The molecule has 1 aliphatic rings. The Morgan fingerprint density at radius 3 is 2.81 bits per heavy atom. The number of benzene rings is 1. The van der Waals surface area contributed by atoms with E-state index >= 15 is 0 Å². The number of H-pyrrole nitrogens is 1. The van der Waals surface area contributed by atoms with Gasteiger partial charge in [0.25, 0.3) is 0 Å². The summed E-state index contributed by atoms with van der Waals surface area (Å²) in [5.74, 6) is 0.432. The Morgan fingerprint density at radius 1 is 1.30 bits per heavy atom. The molecule has 0 aliphatic heterocycles. The summed E-state index contributed by atoms with van der Waals surface area (Å²) >= 11 is 6.43. The van der Waals surface area contributed by atoms with Gasteiger partial charge in [0.05, 0.1) is 48.8 Å². The van der Waals surface area contributed by atoms with Gasteiger partial charge in [-0.3, -0.25) is 4.79 Å². The van der Waals surface area contributed by atoms with Crippen LogP contribution in [0, 0.1) is 5.92 Å². The van der Waals surface area contributed by atoms with Crippen LogP contribution in [0.3, 0.4) is 0 Å². The first-order chi connectivity index (χ1) is 13.1. The molecule has 1 amide bonds. The number of fused-ring (bicyclic) bond motifs is 1. The molecule has 140 valence electrons. The quantitative estimate of drug-likeness (QED) is 0.680. The van der Waals surface area contributed by atoms with E-state index in [1.165, 1.54) is 0 Å². The summed E-state index contributed by atoms with van der Waals surface area (Å²) in [5, 5.41) is 4.49. The molecule has 1 aromatic carbocycles. The third kappa shape index (κ3) is 3.61. The van der Waals surface area contributed by atoms with Gasteiger partial charge in [0.15, 0.2) is 0 Å². The number of hydrogen-bond acceptors (Lipinski definition) is 5. The smallest absolute Gasteiger partial charge is 0.232 e. The minimum Gasteiger partial charge on any atom is -0.480 e. The van der Waals surface area contributed by atoms with Crippen LogP contribution in [0.2, 0.25) is 5.02 Å². The van der Waals surface area contributed by atoms with Gasteiger partial charge < -0.3 is 19.8 Å². The molecular weight excluding hydrogens is 368 g/mol. The van der Waals surface area contributed by atoms with Gasteiger partial charge in [0.1, 0.15) is 0 Å². The predicted molar refractivity (Wildman–Crippen MR) is 102 cm³/mol. The first kappa shape index (κ1) is 17.8. The zero-order chi connectivity index (χ0) is 19.0. The van der Waals surface area contributed by atoms with Crippen molar-refractivity contribution in [2.45, 2.75) is 19.1 Å². The van der Waals surface area contributed by atoms with Crippen molar-refractivity contribution in [2.24, 2.45) is 5.92 Å². The third-order valence-corrected chi connectivity index (χ3v) is 5.01. The standard InChI is InChI=1S/C19H19ClN4O3/c1-26-17-6-13(17)19(25)23-7-11-3-10-4-14(20)12(5-15(10)24-11)16-8-22-18(27-2)9-21-16/h3-5,8-9,13,17,24H,6-7H2,1-2H3,(H,23,25)/t13-,17+/m1/s1. The number of aromatic amines is 1. The molecule has 2 aromatic heterocycles. The summed E-state index contributed by atoms with van der Waals surface area (Å²) in [6.45, 7) is 0.426. The van der Waals surface area contributed by atoms with Crippen molar-refractivity contribution in [2.75, 3.05) is 14.2 Å². The average molecular weight is 387 g/mol. The van der Waals surface area contributed by atoms with E-state index in [-0.39, 0.29) is 17.9 Å². The molecule has 1 saturated carbocycles. The Hall–Kier alpha value is -2.64. The van der Waals surface area contributed by atoms with E-state index in [9.17, 15) is 4.79 Å². The lowest BCUT2D eigenvalue weighted by atomic mass is 10.1. The third-order valence-electron chi connectivity index (χ3n) is 4.70. The monoisotopic (exact) mass is 386 g/mol. The predicted octanol–water partition coefficient (Wildman–Crippen LogP) is 2.94. The van der Waals surface area contributed by atoms with Crippen molar-refractivity contribution in [3.8, 4) is 17.1 Å². The molecule has 2 N–H and O–H groups in total. The molecule has 0 saturated heterocycles. The van der Waals surface area contributed by atoms with Gasteiger partial charge in [0.2, 0.25) is 11.8 Å². The number of carbonyl (C=O) groups excluding carboxylic acids is 1. The van der Waals surface area contributed by atoms with Crippen molar-refractivity contribution in [1.29, 1.82) is 0 Å². The highest BCUT2D eigenvalue weighted by atomic mass is 35.5. The largest absolute Gasteiger partial charge is 0.480 e. The first-order valence-corrected chi connectivity index (χ1v) is 8.95. The van der Waals surface area contributed by atoms with Gasteiger partial charge in [0, 0.05) is 29.3 Å². The lowest BCUT2D eigenvalue weighted by Crippen LogP contribution is -2.25. The van der Waals surface area contributed by atoms with E-state index in [0.717, 1.165) is 28.6 Å². The van der Waals surface area contributed by atoms with Crippen LogP contribution in [0.5, 0.6) is 5.88 Å². The minimum atomic E-state index is -0.0333. The maximum Gasteiger partial charge on any atom is 0.232 e. The van der Waals surface area contributed by atoms with Crippen LogP contribution in [-0.2, 0) is 16.1 Å². The highest BCUT2D eigenvalue weighted by Gasteiger charge is 2.43. The number of hydrogen-bond donors (Lipinski definition) is 2. The number of rotatable bonds is 6. The molecular formula is C19H19ClN4O3. The molecule has 0 radical (unpaired) electrons. The number of amides is 1. The summed E-state index contributed by atoms with van der Waals surface area (Å²) in [7, 11) is 3.17. The molecule has 7 nitrogen and oxygen atoms in total. The number of ether oxygens (including phenoxy) is 2. The van der Waals surface area contributed by atoms with Gasteiger partial charge in [-0.05, 0) is 24.6 Å². The fraction of sp³-hybridized carbons (Fsp3) is 0.316. The normalized spacial score (nSPS) is 18.5.